The molecule has 31 heavy (non-hydrogen) atoms. The largest absolute Gasteiger partial charge is 0.490 e. The SMILES string of the molecule is CCCCOc1ccc(COC2CCC(C3CCC(CCCC)CO3)CC2)c(F)c1F. The molecule has 2 unspecified atom stereocenters. The fourth-order valence-electron chi connectivity index (χ4n) is 4.87. The van der Waals surface area contributed by atoms with Crippen LogP contribution in [0.15, 0.2) is 12.1 Å². The van der Waals surface area contributed by atoms with E-state index in [0.29, 0.717) is 18.6 Å². The zero-order valence-corrected chi connectivity index (χ0v) is 19.3. The molecule has 1 saturated heterocycles. The molecule has 0 N–H and O–H groups in total. The fraction of sp³-hybridized carbons (Fsp3) is 0.769. The van der Waals surface area contributed by atoms with Crippen molar-refractivity contribution in [3.63, 3.8) is 0 Å². The molecule has 1 aliphatic heterocycles. The van der Waals surface area contributed by atoms with Crippen molar-refractivity contribution in [1.29, 1.82) is 0 Å². The fourth-order valence-corrected chi connectivity index (χ4v) is 4.87. The molecular weight excluding hydrogens is 398 g/mol. The maximum absolute atomic E-state index is 14.4. The summed E-state index contributed by atoms with van der Waals surface area (Å²) in [6, 6.07) is 3.09. The minimum atomic E-state index is -0.910. The van der Waals surface area contributed by atoms with Gasteiger partial charge in [0.1, 0.15) is 0 Å². The summed E-state index contributed by atoms with van der Waals surface area (Å²) in [7, 11) is 0. The Kier molecular flexibility index (Phi) is 10.0. The van der Waals surface area contributed by atoms with Crippen LogP contribution in [-0.4, -0.2) is 25.4 Å². The molecule has 1 aromatic carbocycles. The lowest BCUT2D eigenvalue weighted by Gasteiger charge is -2.37. The number of hydrogen-bond donors (Lipinski definition) is 0. The van der Waals surface area contributed by atoms with Crippen molar-refractivity contribution >= 4 is 0 Å². The van der Waals surface area contributed by atoms with Crippen LogP contribution in [0.5, 0.6) is 5.75 Å². The van der Waals surface area contributed by atoms with Crippen LogP contribution in [0.1, 0.15) is 90.0 Å². The molecular formula is C26H40F2O3. The standard InChI is InChI=1S/C26H40F2O3/c1-3-5-7-19-8-14-23(31-17-19)20-9-12-22(13-10-20)30-18-21-11-15-24(26(28)25(21)27)29-16-6-4-2/h11,15,19-20,22-23H,3-10,12-14,16-18H2,1-2H3. The van der Waals surface area contributed by atoms with Crippen LogP contribution in [0.3, 0.4) is 0 Å². The molecule has 2 atom stereocenters. The third-order valence-corrected chi connectivity index (χ3v) is 6.97. The molecule has 176 valence electrons. The van der Waals surface area contributed by atoms with Gasteiger partial charge in [0.15, 0.2) is 11.6 Å². The van der Waals surface area contributed by atoms with Crippen molar-refractivity contribution in [2.45, 2.75) is 103 Å². The first-order chi connectivity index (χ1) is 15.1. The highest BCUT2D eigenvalue weighted by atomic mass is 19.2. The van der Waals surface area contributed by atoms with Crippen LogP contribution in [0.2, 0.25) is 0 Å². The first-order valence-electron chi connectivity index (χ1n) is 12.4. The van der Waals surface area contributed by atoms with E-state index in [9.17, 15) is 8.78 Å². The first kappa shape index (κ1) is 24.4. The van der Waals surface area contributed by atoms with Crippen LogP contribution in [0, 0.1) is 23.5 Å². The van der Waals surface area contributed by atoms with Gasteiger partial charge in [-0.15, -0.1) is 0 Å². The highest BCUT2D eigenvalue weighted by Crippen LogP contribution is 2.36. The molecule has 0 aromatic heterocycles. The third kappa shape index (κ3) is 7.15. The number of ether oxygens (including phenoxy) is 3. The van der Waals surface area contributed by atoms with Crippen LogP contribution in [0.25, 0.3) is 0 Å². The lowest BCUT2D eigenvalue weighted by molar-refractivity contribution is -0.0727. The summed E-state index contributed by atoms with van der Waals surface area (Å²) >= 11 is 0. The maximum atomic E-state index is 14.4. The molecule has 2 fully saturated rings. The zero-order chi connectivity index (χ0) is 22.1. The van der Waals surface area contributed by atoms with Gasteiger partial charge < -0.3 is 14.2 Å². The van der Waals surface area contributed by atoms with Gasteiger partial charge in [0, 0.05) is 12.2 Å². The molecule has 3 rings (SSSR count). The van der Waals surface area contributed by atoms with Crippen LogP contribution in [-0.2, 0) is 16.1 Å². The quantitative estimate of drug-likeness (QED) is 0.342. The third-order valence-electron chi connectivity index (χ3n) is 6.97. The Bertz CT molecular complexity index is 650. The minimum Gasteiger partial charge on any atom is -0.490 e. The molecule has 0 radical (unpaired) electrons. The molecule has 0 spiro atoms. The van der Waals surface area contributed by atoms with Crippen molar-refractivity contribution in [3.8, 4) is 5.75 Å². The number of halogens is 2. The molecule has 1 saturated carbocycles. The van der Waals surface area contributed by atoms with Crippen molar-refractivity contribution in [3.05, 3.63) is 29.3 Å². The Morgan fingerprint density at radius 2 is 1.71 bits per heavy atom. The van der Waals surface area contributed by atoms with Crippen molar-refractivity contribution in [2.24, 2.45) is 11.8 Å². The monoisotopic (exact) mass is 438 g/mol. The maximum Gasteiger partial charge on any atom is 0.200 e. The summed E-state index contributed by atoms with van der Waals surface area (Å²) < 4.78 is 46.1. The van der Waals surface area contributed by atoms with Crippen LogP contribution >= 0.6 is 0 Å². The van der Waals surface area contributed by atoms with Gasteiger partial charge in [-0.25, -0.2) is 4.39 Å². The number of unbranched alkanes of at least 4 members (excludes halogenated alkanes) is 2. The number of benzene rings is 1. The molecule has 5 heteroatoms. The molecule has 2 aliphatic rings. The van der Waals surface area contributed by atoms with Gasteiger partial charge in [-0.2, -0.15) is 4.39 Å². The summed E-state index contributed by atoms with van der Waals surface area (Å²) in [5, 5.41) is 0. The second kappa shape index (κ2) is 12.7. The van der Waals surface area contributed by atoms with Crippen LogP contribution in [0.4, 0.5) is 8.78 Å². The van der Waals surface area contributed by atoms with Gasteiger partial charge in [-0.3, -0.25) is 0 Å². The van der Waals surface area contributed by atoms with E-state index in [0.717, 1.165) is 51.0 Å². The van der Waals surface area contributed by atoms with E-state index >= 15 is 0 Å². The van der Waals surface area contributed by atoms with Gasteiger partial charge >= 0.3 is 0 Å². The van der Waals surface area contributed by atoms with E-state index in [4.69, 9.17) is 14.2 Å². The highest BCUT2D eigenvalue weighted by Gasteiger charge is 2.32. The number of hydrogen-bond acceptors (Lipinski definition) is 3. The van der Waals surface area contributed by atoms with Gasteiger partial charge in [-0.05, 0) is 75.3 Å². The second-order valence-corrected chi connectivity index (χ2v) is 9.36. The lowest BCUT2D eigenvalue weighted by atomic mass is 9.80. The minimum absolute atomic E-state index is 0.0142. The Labute approximate surface area is 186 Å². The van der Waals surface area contributed by atoms with E-state index in [-0.39, 0.29) is 24.0 Å². The summed E-state index contributed by atoms with van der Waals surface area (Å²) in [6.45, 7) is 5.70. The predicted molar refractivity (Wildman–Crippen MR) is 119 cm³/mol. The molecule has 1 heterocycles. The van der Waals surface area contributed by atoms with Crippen molar-refractivity contribution in [1.82, 2.24) is 0 Å². The molecule has 1 aromatic rings. The van der Waals surface area contributed by atoms with E-state index in [2.05, 4.69) is 6.92 Å². The zero-order valence-electron chi connectivity index (χ0n) is 19.3. The number of rotatable bonds is 11. The summed E-state index contributed by atoms with van der Waals surface area (Å²) in [6.07, 6.45) is 12.7. The summed E-state index contributed by atoms with van der Waals surface area (Å²) in [5.74, 6) is -0.418. The topological polar surface area (TPSA) is 27.7 Å². The van der Waals surface area contributed by atoms with E-state index in [1.54, 1.807) is 6.07 Å². The average Bonchev–Trinajstić information content (AvgIpc) is 2.81. The Balaban J connectivity index is 1.39. The normalized spacial score (nSPS) is 26.7. The average molecular weight is 439 g/mol. The van der Waals surface area contributed by atoms with Crippen molar-refractivity contribution < 1.29 is 23.0 Å². The smallest absolute Gasteiger partial charge is 0.200 e. The highest BCUT2D eigenvalue weighted by molar-refractivity contribution is 5.30. The molecule has 1 aliphatic carbocycles. The van der Waals surface area contributed by atoms with E-state index in [1.807, 2.05) is 6.92 Å². The van der Waals surface area contributed by atoms with Crippen LogP contribution < -0.4 is 4.74 Å². The molecule has 3 nitrogen and oxygen atoms in total. The Hall–Kier alpha value is -1.20. The van der Waals surface area contributed by atoms with E-state index < -0.39 is 11.6 Å². The Morgan fingerprint density at radius 1 is 0.935 bits per heavy atom. The van der Waals surface area contributed by atoms with Gasteiger partial charge in [-0.1, -0.05) is 33.1 Å². The van der Waals surface area contributed by atoms with E-state index in [1.165, 1.54) is 38.2 Å². The molecule has 0 amide bonds. The van der Waals surface area contributed by atoms with Gasteiger partial charge in [0.2, 0.25) is 5.82 Å². The lowest BCUT2D eigenvalue weighted by Crippen LogP contribution is -2.35. The first-order valence-corrected chi connectivity index (χ1v) is 12.4. The second-order valence-electron chi connectivity index (χ2n) is 9.36. The summed E-state index contributed by atoms with van der Waals surface area (Å²) in [5.41, 5.74) is 0.260. The van der Waals surface area contributed by atoms with Crippen molar-refractivity contribution in [2.75, 3.05) is 13.2 Å². The Morgan fingerprint density at radius 3 is 2.39 bits per heavy atom. The molecule has 0 bridgehead atoms. The van der Waals surface area contributed by atoms with Gasteiger partial charge in [0.25, 0.3) is 0 Å². The van der Waals surface area contributed by atoms with Gasteiger partial charge in [0.05, 0.1) is 25.4 Å². The predicted octanol–water partition coefficient (Wildman–Crippen LogP) is 7.20. The summed E-state index contributed by atoms with van der Waals surface area (Å²) in [4.78, 5) is 0.